The van der Waals surface area contributed by atoms with E-state index in [9.17, 15) is 0 Å². The molecule has 51 heavy (non-hydrogen) atoms. The Morgan fingerprint density at radius 3 is 1.63 bits per heavy atom. The molecular weight excluding hydrogens is 623 g/mol. The van der Waals surface area contributed by atoms with Gasteiger partial charge in [-0.2, -0.15) is 0 Å². The normalized spacial score (nSPS) is 11.5. The minimum atomic E-state index is 0.709. The summed E-state index contributed by atoms with van der Waals surface area (Å²) in [5.74, 6) is 0.709. The second-order valence-corrected chi connectivity index (χ2v) is 12.8. The van der Waals surface area contributed by atoms with Crippen LogP contribution in [0.25, 0.3) is 99.9 Å². The van der Waals surface area contributed by atoms with Gasteiger partial charge in [-0.05, 0) is 40.1 Å². The zero-order valence-electron chi connectivity index (χ0n) is 27.5. The lowest BCUT2D eigenvalue weighted by molar-refractivity contribution is 0.669. The highest BCUT2D eigenvalue weighted by molar-refractivity contribution is 6.27. The van der Waals surface area contributed by atoms with Crippen LogP contribution in [0.15, 0.2) is 180 Å². The smallest absolute Gasteiger partial charge is 0.162 e. The molecule has 4 heteroatoms. The number of hydrogen-bond acceptors (Lipinski definition) is 4. The van der Waals surface area contributed by atoms with Gasteiger partial charge in [-0.25, -0.2) is 15.0 Å². The maximum atomic E-state index is 6.57. The van der Waals surface area contributed by atoms with Gasteiger partial charge in [0.05, 0.1) is 16.9 Å². The highest BCUT2D eigenvalue weighted by Crippen LogP contribution is 2.42. The monoisotopic (exact) mass is 651 g/mol. The van der Waals surface area contributed by atoms with Gasteiger partial charge in [0, 0.05) is 38.4 Å². The van der Waals surface area contributed by atoms with Gasteiger partial charge >= 0.3 is 0 Å². The minimum Gasteiger partial charge on any atom is -0.454 e. The molecule has 0 aliphatic heterocycles. The lowest BCUT2D eigenvalue weighted by Crippen LogP contribution is -1.95. The molecule has 10 aromatic rings. The van der Waals surface area contributed by atoms with Crippen LogP contribution < -0.4 is 0 Å². The topological polar surface area (TPSA) is 51.8 Å². The highest BCUT2D eigenvalue weighted by Gasteiger charge is 2.19. The molecule has 4 nitrogen and oxygen atoms in total. The summed E-state index contributed by atoms with van der Waals surface area (Å²) in [6.07, 6.45) is 0. The van der Waals surface area contributed by atoms with Crippen molar-refractivity contribution in [1.82, 2.24) is 15.0 Å². The molecule has 0 saturated carbocycles. The Hall–Kier alpha value is -6.91. The molecule has 3 aromatic heterocycles. The van der Waals surface area contributed by atoms with Crippen LogP contribution in [0.5, 0.6) is 0 Å². The average molecular weight is 652 g/mol. The molecule has 0 N–H and O–H groups in total. The zero-order chi connectivity index (χ0) is 33.7. The first-order valence-electron chi connectivity index (χ1n) is 17.1. The molecule has 0 aliphatic carbocycles. The first-order valence-corrected chi connectivity index (χ1v) is 17.1. The molecule has 7 aromatic carbocycles. The van der Waals surface area contributed by atoms with E-state index in [4.69, 9.17) is 19.4 Å². The van der Waals surface area contributed by atoms with E-state index < -0.39 is 0 Å². The van der Waals surface area contributed by atoms with Crippen LogP contribution in [0.3, 0.4) is 0 Å². The Balaban J connectivity index is 1.03. The SMILES string of the molecule is c1ccc(-c2cc(-c3ccc(-c4ccc(-c5nc6ccc7ccccc7c6c6c5oc5ccccc56)cc4)cc3)nc(-c3ccccc3)n2)cc1. The van der Waals surface area contributed by atoms with Crippen molar-refractivity contribution in [3.63, 3.8) is 0 Å². The van der Waals surface area contributed by atoms with Gasteiger partial charge in [-0.1, -0.05) is 158 Å². The fourth-order valence-corrected chi connectivity index (χ4v) is 7.17. The van der Waals surface area contributed by atoms with Gasteiger partial charge in [0.2, 0.25) is 0 Å². The van der Waals surface area contributed by atoms with E-state index in [-0.39, 0.29) is 0 Å². The number of aromatic nitrogens is 3. The number of hydrogen-bond donors (Lipinski definition) is 0. The van der Waals surface area contributed by atoms with Gasteiger partial charge in [0.1, 0.15) is 11.3 Å². The first kappa shape index (κ1) is 29.0. The Morgan fingerprint density at radius 1 is 0.373 bits per heavy atom. The summed E-state index contributed by atoms with van der Waals surface area (Å²) in [5, 5.41) is 5.71. The fraction of sp³-hybridized carbons (Fsp3) is 0. The van der Waals surface area contributed by atoms with Gasteiger partial charge in [0.15, 0.2) is 11.4 Å². The summed E-state index contributed by atoms with van der Waals surface area (Å²) >= 11 is 0. The summed E-state index contributed by atoms with van der Waals surface area (Å²) < 4.78 is 6.57. The molecule has 0 bridgehead atoms. The predicted octanol–water partition coefficient (Wildman–Crippen LogP) is 12.4. The molecule has 0 amide bonds. The largest absolute Gasteiger partial charge is 0.454 e. The summed E-state index contributed by atoms with van der Waals surface area (Å²) in [5.41, 5.74) is 11.6. The third kappa shape index (κ3) is 5.04. The van der Waals surface area contributed by atoms with Crippen LogP contribution >= 0.6 is 0 Å². The average Bonchev–Trinajstić information content (AvgIpc) is 3.61. The molecule has 0 radical (unpaired) electrons. The van der Waals surface area contributed by atoms with Gasteiger partial charge < -0.3 is 4.42 Å². The lowest BCUT2D eigenvalue weighted by Gasteiger charge is -2.11. The molecule has 0 spiro atoms. The van der Waals surface area contributed by atoms with Gasteiger partial charge in [0.25, 0.3) is 0 Å². The number of fused-ring (bicyclic) bond motifs is 7. The van der Waals surface area contributed by atoms with Crippen LogP contribution in [0.2, 0.25) is 0 Å². The number of benzene rings is 7. The number of para-hydroxylation sites is 1. The Kier molecular flexibility index (Phi) is 6.78. The molecule has 0 saturated heterocycles. The van der Waals surface area contributed by atoms with Crippen LogP contribution in [-0.2, 0) is 0 Å². The van der Waals surface area contributed by atoms with Crippen LogP contribution in [0.1, 0.15) is 0 Å². The van der Waals surface area contributed by atoms with Crippen molar-refractivity contribution >= 4 is 43.6 Å². The molecule has 0 atom stereocenters. The second-order valence-electron chi connectivity index (χ2n) is 12.8. The number of nitrogens with zero attached hydrogens (tertiary/aromatic N) is 3. The molecule has 0 aliphatic rings. The lowest BCUT2D eigenvalue weighted by atomic mass is 9.97. The van der Waals surface area contributed by atoms with Crippen LogP contribution in [0, 0.1) is 0 Å². The third-order valence-electron chi connectivity index (χ3n) is 9.70. The van der Waals surface area contributed by atoms with Gasteiger partial charge in [-0.3, -0.25) is 0 Å². The molecule has 10 rings (SSSR count). The molecule has 0 fully saturated rings. The van der Waals surface area contributed by atoms with Crippen LogP contribution in [-0.4, -0.2) is 15.0 Å². The summed E-state index contributed by atoms with van der Waals surface area (Å²) in [6.45, 7) is 0. The van der Waals surface area contributed by atoms with E-state index in [1.807, 2.05) is 48.5 Å². The third-order valence-corrected chi connectivity index (χ3v) is 9.70. The van der Waals surface area contributed by atoms with E-state index in [1.165, 1.54) is 10.8 Å². The zero-order valence-corrected chi connectivity index (χ0v) is 27.5. The van der Waals surface area contributed by atoms with Crippen molar-refractivity contribution in [2.75, 3.05) is 0 Å². The summed E-state index contributed by atoms with van der Waals surface area (Å²) in [4.78, 5) is 15.2. The second kappa shape index (κ2) is 11.9. The predicted molar refractivity (Wildman–Crippen MR) is 209 cm³/mol. The maximum absolute atomic E-state index is 6.57. The van der Waals surface area contributed by atoms with E-state index in [0.29, 0.717) is 5.82 Å². The van der Waals surface area contributed by atoms with Crippen molar-refractivity contribution < 1.29 is 4.42 Å². The standard InChI is InChI=1S/C47H29N3O/c1-3-12-33(13-4-1)40-29-41(50-47(49-40)36-14-5-2-6-15-36)34-23-19-30(20-24-34)31-21-25-35(26-22-31)45-46-44(38-17-9-10-18-42(38)51-46)43-37-16-8-7-11-32(37)27-28-39(43)48-45/h1-29H. The molecule has 3 heterocycles. The van der Waals surface area contributed by atoms with Crippen molar-refractivity contribution in [2.24, 2.45) is 0 Å². The Morgan fingerprint density at radius 2 is 0.922 bits per heavy atom. The van der Waals surface area contributed by atoms with Crippen LogP contribution in [0.4, 0.5) is 0 Å². The molecular formula is C47H29N3O. The maximum Gasteiger partial charge on any atom is 0.162 e. The first-order chi connectivity index (χ1) is 25.3. The van der Waals surface area contributed by atoms with E-state index in [0.717, 1.165) is 83.3 Å². The van der Waals surface area contributed by atoms with Gasteiger partial charge in [-0.15, -0.1) is 0 Å². The van der Waals surface area contributed by atoms with Crippen molar-refractivity contribution in [2.45, 2.75) is 0 Å². The fourth-order valence-electron chi connectivity index (χ4n) is 7.17. The van der Waals surface area contributed by atoms with E-state index in [1.54, 1.807) is 0 Å². The summed E-state index contributed by atoms with van der Waals surface area (Å²) in [6, 6.07) is 60.8. The van der Waals surface area contributed by atoms with E-state index in [2.05, 4.69) is 127 Å². The highest BCUT2D eigenvalue weighted by atomic mass is 16.3. The number of rotatable bonds is 5. The Labute approximate surface area is 294 Å². The quantitative estimate of drug-likeness (QED) is 0.174. The van der Waals surface area contributed by atoms with Crippen molar-refractivity contribution in [3.8, 4) is 56.3 Å². The number of pyridine rings is 1. The summed E-state index contributed by atoms with van der Waals surface area (Å²) in [7, 11) is 0. The van der Waals surface area contributed by atoms with E-state index >= 15 is 0 Å². The molecule has 0 unspecified atom stereocenters. The Bertz CT molecular complexity index is 2820. The minimum absolute atomic E-state index is 0.709. The molecule has 238 valence electrons. The van der Waals surface area contributed by atoms with Crippen molar-refractivity contribution in [3.05, 3.63) is 176 Å². The van der Waals surface area contributed by atoms with Crippen molar-refractivity contribution in [1.29, 1.82) is 0 Å². The number of furan rings is 1.